The molecule has 0 aromatic rings. The normalized spacial score (nSPS) is 11.5. The molecule has 0 rings (SSSR count). The number of hydrogen-bond acceptors (Lipinski definition) is 0. The van der Waals surface area contributed by atoms with Gasteiger partial charge >= 0.3 is 0 Å². The van der Waals surface area contributed by atoms with Crippen LogP contribution in [-0.4, -0.2) is 28.7 Å². The Balaban J connectivity index is 3.98. The summed E-state index contributed by atoms with van der Waals surface area (Å²) in [6.07, 6.45) is 22.2. The minimum Gasteiger partial charge on any atom is -0.305 e. The molecule has 0 N–H and O–H groups in total. The molecule has 0 unspecified atom stereocenters. The molecule has 0 bridgehead atoms. The number of halogens is 1. The molecule has 130 valence electrons. The molecule has 0 aliphatic carbocycles. The first-order valence-corrected chi connectivity index (χ1v) is 11.1. The number of rotatable bonds is 16. The Labute approximate surface area is 154 Å². The first-order valence-electron chi connectivity index (χ1n) is 9.59. The van der Waals surface area contributed by atoms with E-state index in [9.17, 15) is 0 Å². The zero-order valence-electron chi connectivity index (χ0n) is 15.2. The third-order valence-electron chi connectivity index (χ3n) is 4.65. The van der Waals surface area contributed by atoms with Crippen LogP contribution in [0.2, 0.25) is 0 Å². The van der Waals surface area contributed by atoms with E-state index >= 15 is 0 Å². The highest BCUT2D eigenvalue weighted by molar-refractivity contribution is 14.1. The van der Waals surface area contributed by atoms with Gasteiger partial charge in [0.1, 0.15) is 11.1 Å². The van der Waals surface area contributed by atoms with E-state index < -0.39 is 0 Å². The average Bonchev–Trinajstić information content (AvgIpc) is 2.54. The van der Waals surface area contributed by atoms with Gasteiger partial charge in [0.05, 0.1) is 13.1 Å². The van der Waals surface area contributed by atoms with Gasteiger partial charge in [0.15, 0.2) is 0 Å². The summed E-state index contributed by atoms with van der Waals surface area (Å²) in [5, 5.41) is 0. The third-order valence-corrected chi connectivity index (χ3v) is 6.10. The highest BCUT2D eigenvalue weighted by Gasteiger charge is 2.23. The quantitative estimate of drug-likeness (QED) is 0.0663. The second kappa shape index (κ2) is 16.1. The molecule has 0 atom stereocenters. The molecule has 0 saturated carbocycles. The molecule has 0 spiro atoms. The van der Waals surface area contributed by atoms with Crippen molar-refractivity contribution in [2.45, 2.75) is 90.9 Å². The highest BCUT2D eigenvalue weighted by Crippen LogP contribution is 2.17. The summed E-state index contributed by atoms with van der Waals surface area (Å²) >= 11 is 2.55. The van der Waals surface area contributed by atoms with Gasteiger partial charge in [0, 0.05) is 0 Å². The van der Waals surface area contributed by atoms with Crippen molar-refractivity contribution < 1.29 is 4.48 Å². The van der Waals surface area contributed by atoms with Crippen molar-refractivity contribution in [2.24, 2.45) is 0 Å². The summed E-state index contributed by atoms with van der Waals surface area (Å²) in [5.41, 5.74) is 0. The lowest BCUT2D eigenvalue weighted by molar-refractivity contribution is -0.906. The van der Waals surface area contributed by atoms with Crippen LogP contribution in [0.5, 0.6) is 0 Å². The molecule has 0 heterocycles. The van der Waals surface area contributed by atoms with Crippen molar-refractivity contribution in [2.75, 3.05) is 24.2 Å². The fourth-order valence-corrected chi connectivity index (χ4v) is 4.00. The lowest BCUT2D eigenvalue weighted by Crippen LogP contribution is -2.48. The van der Waals surface area contributed by atoms with Crippen LogP contribution < -0.4 is 0 Å². The van der Waals surface area contributed by atoms with Gasteiger partial charge in [-0.2, -0.15) is 0 Å². The Kier molecular flexibility index (Phi) is 16.3. The van der Waals surface area contributed by atoms with Crippen LogP contribution in [-0.2, 0) is 0 Å². The van der Waals surface area contributed by atoms with Crippen LogP contribution in [0.1, 0.15) is 90.9 Å². The molecule has 0 aromatic heterocycles. The van der Waals surface area contributed by atoms with Crippen LogP contribution in [0, 0.1) is 12.3 Å². The van der Waals surface area contributed by atoms with Gasteiger partial charge in [-0.3, -0.25) is 0 Å². The third kappa shape index (κ3) is 11.8. The maximum absolute atomic E-state index is 5.66. The van der Waals surface area contributed by atoms with Crippen LogP contribution >= 0.6 is 22.6 Å². The minimum atomic E-state index is 0.923. The number of nitrogens with zero attached hydrogens (tertiary/aromatic N) is 1. The predicted molar refractivity (Wildman–Crippen MR) is 109 cm³/mol. The predicted octanol–water partition coefficient (Wildman–Crippen LogP) is 6.55. The maximum Gasteiger partial charge on any atom is 0.141 e. The summed E-state index contributed by atoms with van der Waals surface area (Å²) in [5.74, 6) is 2.95. The van der Waals surface area contributed by atoms with E-state index in [0.717, 1.165) is 11.0 Å². The number of unbranched alkanes of at least 4 members (excludes halogenated alkanes) is 10. The molecule has 0 aromatic carbocycles. The van der Waals surface area contributed by atoms with E-state index in [0.29, 0.717) is 0 Å². The summed E-state index contributed by atoms with van der Waals surface area (Å²) in [4.78, 5) is 0. The van der Waals surface area contributed by atoms with Gasteiger partial charge in [0.25, 0.3) is 0 Å². The Hall–Kier alpha value is 0.250. The number of quaternary nitrogens is 1. The molecule has 0 amide bonds. The fraction of sp³-hybridized carbons (Fsp3) is 0.900. The summed E-state index contributed by atoms with van der Waals surface area (Å²) in [7, 11) is 0. The molecule has 22 heavy (non-hydrogen) atoms. The van der Waals surface area contributed by atoms with Crippen molar-refractivity contribution in [3.63, 3.8) is 0 Å². The van der Waals surface area contributed by atoms with Gasteiger partial charge in [0.2, 0.25) is 0 Å². The molecule has 1 nitrogen and oxygen atoms in total. The maximum atomic E-state index is 5.66. The molecular formula is C20H39IN+. The Bertz CT molecular complexity index is 253. The van der Waals surface area contributed by atoms with E-state index in [2.05, 4.69) is 42.4 Å². The van der Waals surface area contributed by atoms with Crippen LogP contribution in [0.4, 0.5) is 0 Å². The second-order valence-electron chi connectivity index (χ2n) is 6.81. The zero-order valence-corrected chi connectivity index (χ0v) is 17.4. The first-order chi connectivity index (χ1) is 10.7. The summed E-state index contributed by atoms with van der Waals surface area (Å²) in [6, 6.07) is 0. The van der Waals surface area contributed by atoms with Gasteiger partial charge in [-0.05, 0) is 54.2 Å². The van der Waals surface area contributed by atoms with Crippen molar-refractivity contribution in [3.05, 3.63) is 0 Å². The first kappa shape index (κ1) is 22.2. The van der Waals surface area contributed by atoms with Gasteiger partial charge in [-0.1, -0.05) is 65.2 Å². The standard InChI is InChI=1S/C20H39IN/c1-4-7-9-11-13-15-18-22(20-21,17-6-3)19-16-14-12-10-8-5-2/h3H,4-5,7-20H2,1-2H3/q+1. The highest BCUT2D eigenvalue weighted by atomic mass is 127. The van der Waals surface area contributed by atoms with Gasteiger partial charge in [-0.25, -0.2) is 0 Å². The molecule has 0 radical (unpaired) electrons. The summed E-state index contributed by atoms with van der Waals surface area (Å²) < 4.78 is 2.32. The van der Waals surface area contributed by atoms with Crippen LogP contribution in [0.25, 0.3) is 0 Å². The molecule has 0 aliphatic heterocycles. The van der Waals surface area contributed by atoms with E-state index in [-0.39, 0.29) is 0 Å². The Morgan fingerprint density at radius 3 is 1.50 bits per heavy atom. The SMILES string of the molecule is C#CC[N+](CI)(CCCCCCCC)CCCCCCCC. The molecule has 0 aliphatic rings. The van der Waals surface area contributed by atoms with E-state index in [1.165, 1.54) is 94.7 Å². The van der Waals surface area contributed by atoms with Gasteiger partial charge in [-0.15, -0.1) is 6.42 Å². The monoisotopic (exact) mass is 420 g/mol. The van der Waals surface area contributed by atoms with Crippen molar-refractivity contribution >= 4 is 22.6 Å². The van der Waals surface area contributed by atoms with Crippen LogP contribution in [0.3, 0.4) is 0 Å². The number of terminal acetylenes is 1. The van der Waals surface area contributed by atoms with E-state index in [1.54, 1.807) is 0 Å². The smallest absolute Gasteiger partial charge is 0.141 e. The Morgan fingerprint density at radius 2 is 1.14 bits per heavy atom. The topological polar surface area (TPSA) is 0 Å². The fourth-order valence-electron chi connectivity index (χ4n) is 3.08. The van der Waals surface area contributed by atoms with Crippen molar-refractivity contribution in [3.8, 4) is 12.3 Å². The van der Waals surface area contributed by atoms with Crippen molar-refractivity contribution in [1.29, 1.82) is 0 Å². The molecule has 0 saturated heterocycles. The molecular weight excluding hydrogens is 381 g/mol. The molecule has 2 heteroatoms. The van der Waals surface area contributed by atoms with Crippen molar-refractivity contribution in [1.82, 2.24) is 0 Å². The summed E-state index contributed by atoms with van der Waals surface area (Å²) in [6.45, 7) is 8.06. The lowest BCUT2D eigenvalue weighted by atomic mass is 10.1. The van der Waals surface area contributed by atoms with E-state index in [4.69, 9.17) is 6.42 Å². The Morgan fingerprint density at radius 1 is 0.727 bits per heavy atom. The molecule has 0 fully saturated rings. The second-order valence-corrected chi connectivity index (χ2v) is 7.49. The van der Waals surface area contributed by atoms with Gasteiger partial charge < -0.3 is 4.48 Å². The largest absolute Gasteiger partial charge is 0.305 e. The van der Waals surface area contributed by atoms with E-state index in [1.807, 2.05) is 0 Å². The lowest BCUT2D eigenvalue weighted by Gasteiger charge is -2.35. The van der Waals surface area contributed by atoms with Crippen LogP contribution in [0.15, 0.2) is 0 Å². The average molecular weight is 420 g/mol. The number of alkyl halides is 1. The minimum absolute atomic E-state index is 0.923. The zero-order chi connectivity index (χ0) is 16.5. The number of hydrogen-bond donors (Lipinski definition) is 0.